The van der Waals surface area contributed by atoms with Crippen LogP contribution in [0.3, 0.4) is 0 Å². The van der Waals surface area contributed by atoms with Crippen molar-refractivity contribution < 1.29 is 4.42 Å². The van der Waals surface area contributed by atoms with Gasteiger partial charge in [-0.25, -0.2) is 9.78 Å². The summed E-state index contributed by atoms with van der Waals surface area (Å²) in [5.41, 5.74) is 3.45. The lowest BCUT2D eigenvalue weighted by Crippen LogP contribution is -2.02. The van der Waals surface area contributed by atoms with Crippen LogP contribution < -0.4 is 5.63 Å². The van der Waals surface area contributed by atoms with E-state index in [1.54, 1.807) is 23.6 Å². The summed E-state index contributed by atoms with van der Waals surface area (Å²) in [5.74, 6) is 0. The molecule has 0 atom stereocenters. The molecule has 140 valence electrons. The van der Waals surface area contributed by atoms with Gasteiger partial charge < -0.3 is 4.42 Å². The van der Waals surface area contributed by atoms with Crippen molar-refractivity contribution in [3.05, 3.63) is 98.7 Å². The summed E-state index contributed by atoms with van der Waals surface area (Å²) in [5, 5.41) is 12.8. The van der Waals surface area contributed by atoms with Crippen molar-refractivity contribution in [3.63, 3.8) is 0 Å². The second-order valence-corrected chi connectivity index (χ2v) is 7.35. The summed E-state index contributed by atoms with van der Waals surface area (Å²) in [6, 6.07) is 21.2. The highest BCUT2D eigenvalue weighted by Crippen LogP contribution is 2.27. The lowest BCUT2D eigenvalue weighted by molar-refractivity contribution is 0.563. The number of para-hydroxylation sites is 1. The van der Waals surface area contributed by atoms with Gasteiger partial charge >= 0.3 is 5.63 Å². The van der Waals surface area contributed by atoms with Gasteiger partial charge in [0.15, 0.2) is 0 Å². The van der Waals surface area contributed by atoms with Gasteiger partial charge in [0.1, 0.15) is 16.7 Å². The summed E-state index contributed by atoms with van der Waals surface area (Å²) in [6.45, 7) is 1.94. The molecule has 0 fully saturated rings. The molecule has 2 aromatic heterocycles. The van der Waals surface area contributed by atoms with Crippen molar-refractivity contribution in [1.82, 2.24) is 4.98 Å². The van der Waals surface area contributed by atoms with Crippen LogP contribution in [0.5, 0.6) is 0 Å². The molecular weight excluding hydrogens is 380 g/mol. The number of benzene rings is 2. The summed E-state index contributed by atoms with van der Waals surface area (Å²) < 4.78 is 5.39. The van der Waals surface area contributed by atoms with Crippen molar-refractivity contribution in [2.45, 2.75) is 6.92 Å². The van der Waals surface area contributed by atoms with Gasteiger partial charge in [-0.2, -0.15) is 5.26 Å². The molecule has 0 aliphatic carbocycles. The number of fused-ring (bicyclic) bond motifs is 1. The summed E-state index contributed by atoms with van der Waals surface area (Å²) in [4.78, 5) is 16.9. The van der Waals surface area contributed by atoms with Crippen LogP contribution in [0.4, 0.5) is 0 Å². The first-order valence-corrected chi connectivity index (χ1v) is 9.86. The number of hydrogen-bond acceptors (Lipinski definition) is 5. The van der Waals surface area contributed by atoms with E-state index in [-0.39, 0.29) is 0 Å². The molecule has 2 heterocycles. The molecule has 0 spiro atoms. The fourth-order valence-electron chi connectivity index (χ4n) is 2.98. The number of allylic oxidation sites excluding steroid dienone is 3. The van der Waals surface area contributed by atoms with Crippen molar-refractivity contribution in [2.75, 3.05) is 0 Å². The molecule has 4 aromatic rings. The molecule has 0 bridgehead atoms. The predicted molar refractivity (Wildman–Crippen MR) is 117 cm³/mol. The normalized spacial score (nSPS) is 12.1. The van der Waals surface area contributed by atoms with Gasteiger partial charge in [0.2, 0.25) is 0 Å². The van der Waals surface area contributed by atoms with E-state index in [2.05, 4.69) is 11.1 Å². The highest BCUT2D eigenvalue weighted by atomic mass is 32.1. The SMILES string of the molecule is CC(=Cc1ccccc1)C=C(C#N)c1nc(-c2cc3ccccc3oc2=O)cs1. The molecule has 0 aliphatic rings. The van der Waals surface area contributed by atoms with Crippen molar-refractivity contribution in [1.29, 1.82) is 5.26 Å². The predicted octanol–water partition coefficient (Wildman–Crippen LogP) is 5.93. The fraction of sp³-hybridized carbons (Fsp3) is 0.0417. The Kier molecular flexibility index (Phi) is 5.19. The minimum atomic E-state index is -0.441. The first-order chi connectivity index (χ1) is 14.1. The first-order valence-electron chi connectivity index (χ1n) is 8.98. The monoisotopic (exact) mass is 396 g/mol. The van der Waals surface area contributed by atoms with E-state index < -0.39 is 5.63 Å². The molecule has 0 saturated carbocycles. The Hall–Kier alpha value is -3.75. The Morgan fingerprint density at radius 3 is 2.69 bits per heavy atom. The molecule has 2 aromatic carbocycles. The van der Waals surface area contributed by atoms with E-state index in [0.29, 0.717) is 27.4 Å². The molecule has 0 radical (unpaired) electrons. The van der Waals surface area contributed by atoms with Gasteiger partial charge in [-0.1, -0.05) is 54.6 Å². The molecule has 0 saturated heterocycles. The highest BCUT2D eigenvalue weighted by molar-refractivity contribution is 7.11. The van der Waals surface area contributed by atoms with Crippen molar-refractivity contribution >= 4 is 34.0 Å². The Morgan fingerprint density at radius 2 is 1.90 bits per heavy atom. The molecule has 29 heavy (non-hydrogen) atoms. The number of rotatable bonds is 4. The Bertz CT molecular complexity index is 1340. The van der Waals surface area contributed by atoms with E-state index in [9.17, 15) is 10.1 Å². The molecule has 4 rings (SSSR count). The highest BCUT2D eigenvalue weighted by Gasteiger charge is 2.13. The second-order valence-electron chi connectivity index (χ2n) is 6.49. The Morgan fingerprint density at radius 1 is 1.14 bits per heavy atom. The zero-order valence-electron chi connectivity index (χ0n) is 15.6. The average molecular weight is 396 g/mol. The van der Waals surface area contributed by atoms with Gasteiger partial charge in [0.05, 0.1) is 16.8 Å². The van der Waals surface area contributed by atoms with Crippen molar-refractivity contribution in [2.24, 2.45) is 0 Å². The number of aromatic nitrogens is 1. The minimum absolute atomic E-state index is 0.389. The zero-order chi connectivity index (χ0) is 20.2. The molecule has 0 unspecified atom stereocenters. The molecule has 0 N–H and O–H groups in total. The maximum Gasteiger partial charge on any atom is 0.345 e. The molecule has 4 nitrogen and oxygen atoms in total. The number of nitriles is 1. The Labute approximate surface area is 171 Å². The number of hydrogen-bond donors (Lipinski definition) is 0. The van der Waals surface area contributed by atoms with Crippen molar-refractivity contribution in [3.8, 4) is 17.3 Å². The van der Waals surface area contributed by atoms with Crippen LogP contribution in [0.2, 0.25) is 0 Å². The van der Waals surface area contributed by atoms with E-state index >= 15 is 0 Å². The molecule has 0 amide bonds. The second kappa shape index (κ2) is 8.09. The third-order valence-corrected chi connectivity index (χ3v) is 5.21. The standard InChI is InChI=1S/C24H16N2O2S/c1-16(11-17-7-3-2-4-8-17)12-19(14-25)23-26-21(15-29-23)20-13-18-9-5-6-10-22(18)28-24(20)27/h2-13,15H,1H3. The first kappa shape index (κ1) is 18.6. The largest absolute Gasteiger partial charge is 0.422 e. The van der Waals surface area contributed by atoms with Gasteiger partial charge in [-0.3, -0.25) is 0 Å². The summed E-state index contributed by atoms with van der Waals surface area (Å²) in [7, 11) is 0. The maximum atomic E-state index is 12.4. The van der Waals surface area contributed by atoms with Crippen LogP contribution in [0.1, 0.15) is 17.5 Å². The third-order valence-electron chi connectivity index (χ3n) is 4.34. The topological polar surface area (TPSA) is 66.9 Å². The van der Waals surface area contributed by atoms with Gasteiger partial charge in [0.25, 0.3) is 0 Å². The van der Waals surface area contributed by atoms with E-state index in [4.69, 9.17) is 4.42 Å². The van der Waals surface area contributed by atoms with Crippen LogP contribution >= 0.6 is 11.3 Å². The van der Waals surface area contributed by atoms with Gasteiger partial charge in [-0.15, -0.1) is 11.3 Å². The van der Waals surface area contributed by atoms with Crippen LogP contribution in [-0.2, 0) is 0 Å². The fourth-order valence-corrected chi connectivity index (χ4v) is 3.77. The minimum Gasteiger partial charge on any atom is -0.422 e. The molecule has 5 heteroatoms. The summed E-state index contributed by atoms with van der Waals surface area (Å²) >= 11 is 1.33. The Balaban J connectivity index is 1.69. The van der Waals surface area contributed by atoms with Gasteiger partial charge in [-0.05, 0) is 36.3 Å². The average Bonchev–Trinajstić information content (AvgIpc) is 3.22. The van der Waals surface area contributed by atoms with E-state index in [1.807, 2.05) is 61.5 Å². The zero-order valence-corrected chi connectivity index (χ0v) is 16.4. The van der Waals surface area contributed by atoms with Gasteiger partial charge in [0, 0.05) is 10.8 Å². The lowest BCUT2D eigenvalue weighted by Gasteiger charge is -1.99. The van der Waals surface area contributed by atoms with Crippen LogP contribution in [0.25, 0.3) is 33.9 Å². The molecule has 0 aliphatic heterocycles. The van der Waals surface area contributed by atoms with Crippen LogP contribution in [-0.4, -0.2) is 4.98 Å². The molecular formula is C24H16N2O2S. The van der Waals surface area contributed by atoms with Crippen LogP contribution in [0, 0.1) is 11.3 Å². The van der Waals surface area contributed by atoms with Crippen LogP contribution in [0.15, 0.2) is 86.9 Å². The van der Waals surface area contributed by atoms with E-state index in [0.717, 1.165) is 16.5 Å². The third kappa shape index (κ3) is 4.08. The maximum absolute atomic E-state index is 12.4. The lowest BCUT2D eigenvalue weighted by atomic mass is 10.1. The number of thiazole rings is 1. The number of nitrogens with zero attached hydrogens (tertiary/aromatic N) is 2. The summed E-state index contributed by atoms with van der Waals surface area (Å²) in [6.07, 6.45) is 3.81. The quantitative estimate of drug-likeness (QED) is 0.244. The van der Waals surface area contributed by atoms with E-state index in [1.165, 1.54) is 11.3 Å². The smallest absolute Gasteiger partial charge is 0.345 e.